The van der Waals surface area contributed by atoms with Crippen molar-refractivity contribution in [2.45, 2.75) is 19.0 Å². The third-order valence-electron chi connectivity index (χ3n) is 4.24. The van der Waals surface area contributed by atoms with Crippen molar-refractivity contribution in [2.24, 2.45) is 0 Å². The largest absolute Gasteiger partial charge is 0.480 e. The first-order valence-corrected chi connectivity index (χ1v) is 8.29. The summed E-state index contributed by atoms with van der Waals surface area (Å²) in [4.78, 5) is 33.7. The zero-order valence-electron chi connectivity index (χ0n) is 14.3. The molecule has 0 bridgehead atoms. The van der Waals surface area contributed by atoms with E-state index in [9.17, 15) is 24.8 Å². The summed E-state index contributed by atoms with van der Waals surface area (Å²) in [6.45, 7) is 0.140. The number of nitro benzene ring substituents is 1. The van der Waals surface area contributed by atoms with Crippen molar-refractivity contribution in [3.05, 3.63) is 63.7 Å². The smallest absolute Gasteiger partial charge is 0.321 e. The molecule has 0 saturated carbocycles. The predicted octanol–water partition coefficient (Wildman–Crippen LogP) is 1.74. The normalized spacial score (nSPS) is 13.9. The Bertz CT molecular complexity index is 885. The number of hydrogen-bond acceptors (Lipinski definition) is 6. The summed E-state index contributed by atoms with van der Waals surface area (Å²) in [5, 5.41) is 29.1. The van der Waals surface area contributed by atoms with E-state index in [-0.39, 0.29) is 31.1 Å². The number of carboxylic acids is 1. The van der Waals surface area contributed by atoms with E-state index < -0.39 is 16.9 Å². The van der Waals surface area contributed by atoms with Crippen LogP contribution in [0.2, 0.25) is 0 Å². The standard InChI is InChI=1S/C18H18N4O5/c23-16-10-20-17-12(7-13(22(26)27)8-14(17)21-16)9-19-15(18(24)25)6-11-4-2-1-3-5-11/h1-5,7-8,15,19-20H,6,9-10H2,(H,21,23)(H,24,25)/t15-/m0/s1. The molecule has 0 aliphatic carbocycles. The summed E-state index contributed by atoms with van der Waals surface area (Å²) in [6, 6.07) is 11.0. The van der Waals surface area contributed by atoms with Crippen molar-refractivity contribution >= 4 is 28.9 Å². The lowest BCUT2D eigenvalue weighted by molar-refractivity contribution is -0.384. The number of nitro groups is 1. The van der Waals surface area contributed by atoms with Crippen LogP contribution in [0.1, 0.15) is 11.1 Å². The van der Waals surface area contributed by atoms with E-state index in [2.05, 4.69) is 16.0 Å². The fraction of sp³-hybridized carbons (Fsp3) is 0.222. The van der Waals surface area contributed by atoms with Crippen LogP contribution in [0.5, 0.6) is 0 Å². The van der Waals surface area contributed by atoms with E-state index in [0.29, 0.717) is 16.9 Å². The Balaban J connectivity index is 1.82. The summed E-state index contributed by atoms with van der Waals surface area (Å²) in [7, 11) is 0. The minimum atomic E-state index is -1.01. The number of anilines is 2. The minimum absolute atomic E-state index is 0.0458. The second-order valence-corrected chi connectivity index (χ2v) is 6.15. The average molecular weight is 370 g/mol. The van der Waals surface area contributed by atoms with Gasteiger partial charge >= 0.3 is 5.97 Å². The van der Waals surface area contributed by atoms with Gasteiger partial charge in [-0.2, -0.15) is 0 Å². The van der Waals surface area contributed by atoms with Crippen LogP contribution in [-0.2, 0) is 22.6 Å². The number of benzene rings is 2. The Morgan fingerprint density at radius 3 is 2.70 bits per heavy atom. The number of carbonyl (C=O) groups excluding carboxylic acids is 1. The van der Waals surface area contributed by atoms with Gasteiger partial charge in [-0.15, -0.1) is 0 Å². The molecule has 1 amide bonds. The molecule has 9 heteroatoms. The van der Waals surface area contributed by atoms with Crippen molar-refractivity contribution in [3.63, 3.8) is 0 Å². The molecule has 1 heterocycles. The van der Waals surface area contributed by atoms with E-state index in [0.717, 1.165) is 5.56 Å². The molecule has 9 nitrogen and oxygen atoms in total. The quantitative estimate of drug-likeness (QED) is 0.431. The zero-order chi connectivity index (χ0) is 19.4. The van der Waals surface area contributed by atoms with E-state index in [1.807, 2.05) is 30.3 Å². The molecular weight excluding hydrogens is 352 g/mol. The maximum absolute atomic E-state index is 11.6. The van der Waals surface area contributed by atoms with Crippen LogP contribution in [0, 0.1) is 10.1 Å². The first kappa shape index (κ1) is 18.3. The highest BCUT2D eigenvalue weighted by molar-refractivity contribution is 6.01. The molecule has 0 saturated heterocycles. The SMILES string of the molecule is O=C1CNc2c(CN[C@@H](Cc3ccccc3)C(=O)O)cc([N+](=O)[O-])cc2N1. The predicted molar refractivity (Wildman–Crippen MR) is 98.6 cm³/mol. The Morgan fingerprint density at radius 2 is 2.04 bits per heavy atom. The molecular formula is C18H18N4O5. The van der Waals surface area contributed by atoms with Crippen molar-refractivity contribution in [1.29, 1.82) is 0 Å². The molecule has 0 fully saturated rings. The number of rotatable bonds is 7. The van der Waals surface area contributed by atoms with Gasteiger partial charge in [-0.3, -0.25) is 25.0 Å². The highest BCUT2D eigenvalue weighted by Crippen LogP contribution is 2.33. The summed E-state index contributed by atoms with van der Waals surface area (Å²) in [5.41, 5.74) is 2.07. The second-order valence-electron chi connectivity index (χ2n) is 6.15. The third-order valence-corrected chi connectivity index (χ3v) is 4.24. The van der Waals surface area contributed by atoms with Crippen LogP contribution in [-0.4, -0.2) is 34.5 Å². The molecule has 0 unspecified atom stereocenters. The molecule has 140 valence electrons. The number of fused-ring (bicyclic) bond motifs is 1. The lowest BCUT2D eigenvalue weighted by atomic mass is 10.0. The van der Waals surface area contributed by atoms with Crippen molar-refractivity contribution in [2.75, 3.05) is 17.2 Å². The number of nitrogens with one attached hydrogen (secondary N) is 3. The first-order chi connectivity index (χ1) is 12.9. The summed E-state index contributed by atoms with van der Waals surface area (Å²) < 4.78 is 0. The van der Waals surface area contributed by atoms with Gasteiger partial charge in [-0.05, 0) is 17.5 Å². The zero-order valence-corrected chi connectivity index (χ0v) is 14.3. The molecule has 1 aliphatic rings. The molecule has 1 aliphatic heterocycles. The molecule has 0 spiro atoms. The summed E-state index contributed by atoms with van der Waals surface area (Å²) >= 11 is 0. The van der Waals surface area contributed by atoms with Gasteiger partial charge in [0.2, 0.25) is 5.91 Å². The van der Waals surface area contributed by atoms with Gasteiger partial charge in [0, 0.05) is 18.7 Å². The monoisotopic (exact) mass is 370 g/mol. The van der Waals surface area contributed by atoms with Gasteiger partial charge in [0.1, 0.15) is 6.04 Å². The van der Waals surface area contributed by atoms with E-state index in [1.165, 1.54) is 12.1 Å². The number of nitrogens with zero attached hydrogens (tertiary/aromatic N) is 1. The van der Waals surface area contributed by atoms with Crippen LogP contribution in [0.4, 0.5) is 17.1 Å². The molecule has 2 aromatic carbocycles. The Kier molecular flexibility index (Phi) is 5.32. The van der Waals surface area contributed by atoms with Crippen LogP contribution < -0.4 is 16.0 Å². The number of carbonyl (C=O) groups is 2. The molecule has 27 heavy (non-hydrogen) atoms. The summed E-state index contributed by atoms with van der Waals surface area (Å²) in [6.07, 6.45) is 0.275. The Hall–Kier alpha value is -3.46. The van der Waals surface area contributed by atoms with E-state index >= 15 is 0 Å². The third kappa shape index (κ3) is 4.39. The van der Waals surface area contributed by atoms with E-state index in [1.54, 1.807) is 0 Å². The van der Waals surface area contributed by atoms with Gasteiger partial charge in [0.25, 0.3) is 5.69 Å². The molecule has 4 N–H and O–H groups in total. The minimum Gasteiger partial charge on any atom is -0.480 e. The van der Waals surface area contributed by atoms with Gasteiger partial charge in [0.15, 0.2) is 0 Å². The number of aliphatic carboxylic acids is 1. The number of non-ortho nitro benzene ring substituents is 1. The van der Waals surface area contributed by atoms with Crippen LogP contribution >= 0.6 is 0 Å². The molecule has 0 aromatic heterocycles. The van der Waals surface area contributed by atoms with Gasteiger partial charge in [-0.25, -0.2) is 0 Å². The molecule has 2 aromatic rings. The van der Waals surface area contributed by atoms with Crippen LogP contribution in [0.3, 0.4) is 0 Å². The first-order valence-electron chi connectivity index (χ1n) is 8.29. The fourth-order valence-electron chi connectivity index (χ4n) is 2.93. The number of carboxylic acid groups (broad SMARTS) is 1. The number of amides is 1. The maximum Gasteiger partial charge on any atom is 0.321 e. The van der Waals surface area contributed by atoms with Gasteiger partial charge < -0.3 is 15.7 Å². The lowest BCUT2D eigenvalue weighted by Gasteiger charge is -2.23. The summed E-state index contributed by atoms with van der Waals surface area (Å²) in [5.74, 6) is -1.31. The Morgan fingerprint density at radius 1 is 1.30 bits per heavy atom. The topological polar surface area (TPSA) is 134 Å². The average Bonchev–Trinajstić information content (AvgIpc) is 2.64. The van der Waals surface area contributed by atoms with Crippen LogP contribution in [0.25, 0.3) is 0 Å². The van der Waals surface area contributed by atoms with Gasteiger partial charge in [0.05, 0.1) is 22.8 Å². The van der Waals surface area contributed by atoms with Crippen molar-refractivity contribution in [3.8, 4) is 0 Å². The van der Waals surface area contributed by atoms with Crippen molar-refractivity contribution in [1.82, 2.24) is 5.32 Å². The number of hydrogen-bond donors (Lipinski definition) is 4. The highest BCUT2D eigenvalue weighted by Gasteiger charge is 2.24. The molecule has 3 rings (SSSR count). The van der Waals surface area contributed by atoms with E-state index in [4.69, 9.17) is 0 Å². The van der Waals surface area contributed by atoms with Crippen LogP contribution in [0.15, 0.2) is 42.5 Å². The lowest BCUT2D eigenvalue weighted by Crippen LogP contribution is -2.38. The maximum atomic E-state index is 11.6. The second kappa shape index (κ2) is 7.83. The molecule has 0 radical (unpaired) electrons. The molecule has 1 atom stereocenters. The highest BCUT2D eigenvalue weighted by atomic mass is 16.6. The van der Waals surface area contributed by atoms with Crippen molar-refractivity contribution < 1.29 is 19.6 Å². The Labute approximate surface area is 154 Å². The fourth-order valence-corrected chi connectivity index (χ4v) is 2.93. The van der Waals surface area contributed by atoms with Gasteiger partial charge in [-0.1, -0.05) is 30.3 Å².